The predicted octanol–water partition coefficient (Wildman–Crippen LogP) is 2.75. The molecule has 4 N–H and O–H groups in total. The summed E-state index contributed by atoms with van der Waals surface area (Å²) in [6, 6.07) is 15.2. The fraction of sp³-hybridized carbons (Fsp3) is 0.120. The third-order valence-corrected chi connectivity index (χ3v) is 8.72. The van der Waals surface area contributed by atoms with Crippen LogP contribution in [0.1, 0.15) is 26.5 Å². The van der Waals surface area contributed by atoms with Gasteiger partial charge in [0.15, 0.2) is 5.69 Å². The number of sulfonamides is 1. The maximum absolute atomic E-state index is 13.6. The van der Waals surface area contributed by atoms with E-state index >= 15 is 0 Å². The normalized spacial score (nSPS) is 13.1. The molecule has 0 radical (unpaired) electrons. The van der Waals surface area contributed by atoms with E-state index in [0.29, 0.717) is 34.8 Å². The number of benzene rings is 2. The van der Waals surface area contributed by atoms with E-state index in [0.717, 1.165) is 11.3 Å². The van der Waals surface area contributed by atoms with E-state index in [-0.39, 0.29) is 28.0 Å². The summed E-state index contributed by atoms with van der Waals surface area (Å²) < 4.78 is 33.1. The van der Waals surface area contributed by atoms with Crippen LogP contribution >= 0.6 is 11.3 Å². The first-order chi connectivity index (χ1) is 18.7. The first-order valence-corrected chi connectivity index (χ1v) is 13.9. The van der Waals surface area contributed by atoms with Gasteiger partial charge < -0.3 is 20.7 Å². The molecule has 2 aromatic heterocycles. The number of aromatic nitrogens is 2. The van der Waals surface area contributed by atoms with E-state index in [1.807, 2.05) is 4.72 Å². The Morgan fingerprint density at radius 1 is 1.05 bits per heavy atom. The average molecular weight is 567 g/mol. The Bertz CT molecular complexity index is 1660. The molecule has 200 valence electrons. The molecule has 3 heterocycles. The Morgan fingerprint density at radius 2 is 1.74 bits per heavy atom. The molecule has 0 atom stereocenters. The zero-order chi connectivity index (χ0) is 27.7. The van der Waals surface area contributed by atoms with Crippen molar-refractivity contribution in [3.8, 4) is 11.4 Å². The largest absolute Gasteiger partial charge is 0.497 e. The van der Waals surface area contributed by atoms with Crippen LogP contribution in [-0.4, -0.2) is 49.7 Å². The minimum Gasteiger partial charge on any atom is -0.497 e. The first-order valence-electron chi connectivity index (χ1n) is 11.5. The Balaban J connectivity index is 1.37. The number of carbonyl (C=O) groups excluding carboxylic acids is 3. The summed E-state index contributed by atoms with van der Waals surface area (Å²) >= 11 is 0.990. The molecule has 0 saturated heterocycles. The zero-order valence-corrected chi connectivity index (χ0v) is 22.1. The second-order valence-electron chi connectivity index (χ2n) is 8.40. The predicted molar refractivity (Wildman–Crippen MR) is 144 cm³/mol. The Morgan fingerprint density at radius 3 is 2.36 bits per heavy atom. The Labute approximate surface area is 227 Å². The quantitative estimate of drug-likeness (QED) is 0.309. The number of urea groups is 1. The highest BCUT2D eigenvalue weighted by Crippen LogP contribution is 2.30. The Hall–Kier alpha value is -4.69. The van der Waals surface area contributed by atoms with Gasteiger partial charge in [-0.25, -0.2) is 22.6 Å². The van der Waals surface area contributed by atoms with Gasteiger partial charge in [-0.2, -0.15) is 5.10 Å². The summed E-state index contributed by atoms with van der Waals surface area (Å²) in [6.07, 6.45) is 0.346. The number of fused-ring (bicyclic) bond motifs is 1. The SMILES string of the molecule is COc1ccc(-n2nc(C(N)=O)c3c2C(=O)N(c2ccc(NC(=O)NS(=O)(=O)c4cccs4)cc2)CC3)cc1. The third kappa shape index (κ3) is 5.06. The monoisotopic (exact) mass is 566 g/mol. The van der Waals surface area contributed by atoms with E-state index in [4.69, 9.17) is 10.5 Å². The van der Waals surface area contributed by atoms with Crippen molar-refractivity contribution in [2.45, 2.75) is 10.6 Å². The number of methoxy groups -OCH3 is 1. The van der Waals surface area contributed by atoms with Gasteiger partial charge in [0.25, 0.3) is 21.8 Å². The van der Waals surface area contributed by atoms with Crippen molar-refractivity contribution in [3.05, 3.63) is 83.0 Å². The van der Waals surface area contributed by atoms with Crippen LogP contribution < -0.4 is 25.4 Å². The summed E-state index contributed by atoms with van der Waals surface area (Å²) in [5, 5.41) is 8.40. The number of ether oxygens (including phenoxy) is 1. The van der Waals surface area contributed by atoms with Gasteiger partial charge >= 0.3 is 6.03 Å². The number of amides is 4. The number of rotatable bonds is 7. The number of carbonyl (C=O) groups is 3. The Kier molecular flexibility index (Phi) is 6.80. The molecular formula is C25H22N6O6S2. The lowest BCUT2D eigenvalue weighted by Gasteiger charge is -2.28. The molecule has 12 nitrogen and oxygen atoms in total. The number of nitrogens with zero attached hydrogens (tertiary/aromatic N) is 3. The molecule has 4 amide bonds. The number of nitrogens with two attached hydrogens (primary N) is 1. The molecule has 0 bridgehead atoms. The van der Waals surface area contributed by atoms with Crippen molar-refractivity contribution in [1.82, 2.24) is 14.5 Å². The number of hydrogen-bond donors (Lipinski definition) is 3. The first kappa shape index (κ1) is 25.9. The van der Waals surface area contributed by atoms with Crippen LogP contribution in [0.15, 0.2) is 70.3 Å². The molecule has 0 spiro atoms. The van der Waals surface area contributed by atoms with Crippen molar-refractivity contribution >= 4 is 50.6 Å². The molecule has 0 aliphatic carbocycles. The maximum Gasteiger partial charge on any atom is 0.333 e. The second-order valence-corrected chi connectivity index (χ2v) is 11.3. The molecule has 0 saturated carbocycles. The number of thiophene rings is 1. The molecular weight excluding hydrogens is 544 g/mol. The lowest BCUT2D eigenvalue weighted by molar-refractivity contribution is 0.0972. The van der Waals surface area contributed by atoms with Crippen LogP contribution in [0.4, 0.5) is 16.2 Å². The minimum atomic E-state index is -3.98. The number of anilines is 2. The van der Waals surface area contributed by atoms with Crippen molar-refractivity contribution in [1.29, 1.82) is 0 Å². The zero-order valence-electron chi connectivity index (χ0n) is 20.5. The van der Waals surface area contributed by atoms with Gasteiger partial charge in [0.1, 0.15) is 15.7 Å². The van der Waals surface area contributed by atoms with Gasteiger partial charge in [0.05, 0.1) is 12.8 Å². The van der Waals surface area contributed by atoms with Crippen LogP contribution in [0.2, 0.25) is 0 Å². The summed E-state index contributed by atoms with van der Waals surface area (Å²) in [5.74, 6) is -0.489. The van der Waals surface area contributed by atoms with Gasteiger partial charge in [0, 0.05) is 23.5 Å². The molecule has 2 aromatic carbocycles. The lowest BCUT2D eigenvalue weighted by atomic mass is 10.0. The van der Waals surface area contributed by atoms with Crippen LogP contribution in [0.5, 0.6) is 5.75 Å². The molecule has 39 heavy (non-hydrogen) atoms. The molecule has 1 aliphatic heterocycles. The maximum atomic E-state index is 13.6. The fourth-order valence-corrected chi connectivity index (χ4v) is 6.08. The summed E-state index contributed by atoms with van der Waals surface area (Å²) in [4.78, 5) is 39.5. The summed E-state index contributed by atoms with van der Waals surface area (Å²) in [7, 11) is -2.44. The van der Waals surface area contributed by atoms with Crippen molar-refractivity contribution < 1.29 is 27.5 Å². The summed E-state index contributed by atoms with van der Waals surface area (Å²) in [5.41, 5.74) is 7.70. The topological polar surface area (TPSA) is 166 Å². The molecule has 0 fully saturated rings. The van der Waals surface area contributed by atoms with E-state index in [2.05, 4.69) is 10.4 Å². The molecule has 5 rings (SSSR count). The second kappa shape index (κ2) is 10.2. The molecule has 0 unspecified atom stereocenters. The van der Waals surface area contributed by atoms with E-state index in [1.165, 1.54) is 22.8 Å². The van der Waals surface area contributed by atoms with Gasteiger partial charge in [0.2, 0.25) is 0 Å². The van der Waals surface area contributed by atoms with Crippen molar-refractivity contribution in [2.24, 2.45) is 5.73 Å². The third-order valence-electron chi connectivity index (χ3n) is 5.99. The van der Waals surface area contributed by atoms with Gasteiger partial charge in [-0.1, -0.05) is 6.07 Å². The van der Waals surface area contributed by atoms with Gasteiger partial charge in [-0.05, 0) is 66.4 Å². The highest BCUT2D eigenvalue weighted by molar-refractivity contribution is 7.92. The molecule has 14 heteroatoms. The average Bonchev–Trinajstić information content (AvgIpc) is 3.59. The highest BCUT2D eigenvalue weighted by atomic mass is 32.2. The van der Waals surface area contributed by atoms with Crippen molar-refractivity contribution in [3.63, 3.8) is 0 Å². The summed E-state index contributed by atoms with van der Waals surface area (Å²) in [6.45, 7) is 0.271. The molecule has 1 aliphatic rings. The minimum absolute atomic E-state index is 0.0179. The van der Waals surface area contributed by atoms with Crippen LogP contribution in [0, 0.1) is 0 Å². The van der Waals surface area contributed by atoms with Crippen LogP contribution in [-0.2, 0) is 16.4 Å². The van der Waals surface area contributed by atoms with Crippen LogP contribution in [0.25, 0.3) is 5.69 Å². The number of primary amides is 1. The highest BCUT2D eigenvalue weighted by Gasteiger charge is 2.34. The lowest BCUT2D eigenvalue weighted by Crippen LogP contribution is -2.39. The van der Waals surface area contributed by atoms with E-state index in [9.17, 15) is 22.8 Å². The van der Waals surface area contributed by atoms with E-state index < -0.39 is 22.0 Å². The number of hydrogen-bond acceptors (Lipinski definition) is 8. The van der Waals surface area contributed by atoms with Crippen LogP contribution in [0.3, 0.4) is 0 Å². The van der Waals surface area contributed by atoms with Gasteiger partial charge in [-0.3, -0.25) is 9.59 Å². The molecule has 4 aromatic rings. The standard InChI is InChI=1S/C25H22N6O6S2/c1-37-18-10-8-17(9-11-18)31-22-19(21(28-31)23(26)32)12-13-30(24(22)33)16-6-4-15(5-7-16)27-25(34)29-39(35,36)20-3-2-14-38-20/h2-11,14H,12-13H2,1H3,(H2,26,32)(H2,27,29,34). The number of nitrogens with one attached hydrogen (secondary N) is 2. The van der Waals surface area contributed by atoms with Gasteiger partial charge in [-0.15, -0.1) is 11.3 Å². The van der Waals surface area contributed by atoms with Crippen molar-refractivity contribution in [2.75, 3.05) is 23.9 Å². The smallest absolute Gasteiger partial charge is 0.333 e. The fourth-order valence-electron chi connectivity index (χ4n) is 4.18. The van der Waals surface area contributed by atoms with E-state index in [1.54, 1.807) is 60.0 Å².